The maximum atomic E-state index is 12.0. The van der Waals surface area contributed by atoms with Crippen LogP contribution in [0.2, 0.25) is 0 Å². The summed E-state index contributed by atoms with van der Waals surface area (Å²) in [6.07, 6.45) is 0.953. The molecule has 1 aliphatic rings. The molecule has 0 aromatic carbocycles. The molecule has 1 aliphatic heterocycles. The lowest BCUT2D eigenvalue weighted by atomic mass is 10.0. The molecule has 19 heavy (non-hydrogen) atoms. The normalized spacial score (nSPS) is 24.1. The Hall–Kier alpha value is -1.18. The van der Waals surface area contributed by atoms with E-state index in [9.17, 15) is 9.59 Å². The third kappa shape index (κ3) is 4.77. The van der Waals surface area contributed by atoms with E-state index in [1.54, 1.807) is 0 Å². The quantitative estimate of drug-likeness (QED) is 0.450. The molecule has 3 unspecified atom stereocenters. The van der Waals surface area contributed by atoms with Gasteiger partial charge in [-0.15, -0.1) is 0 Å². The fraction of sp³-hybridized carbons (Fsp3) is 0.833. The Morgan fingerprint density at radius 3 is 2.74 bits per heavy atom. The maximum Gasteiger partial charge on any atom is 0.326 e. The van der Waals surface area contributed by atoms with Gasteiger partial charge in [0.1, 0.15) is 6.04 Å². The Bertz CT molecular complexity index is 310. The van der Waals surface area contributed by atoms with Gasteiger partial charge in [0.25, 0.3) is 0 Å². The fourth-order valence-corrected chi connectivity index (χ4v) is 2.01. The first kappa shape index (κ1) is 15.9. The van der Waals surface area contributed by atoms with Crippen molar-refractivity contribution in [3.63, 3.8) is 0 Å². The van der Waals surface area contributed by atoms with Crippen molar-refractivity contribution in [2.24, 2.45) is 5.92 Å². The van der Waals surface area contributed by atoms with Crippen LogP contribution in [0.25, 0.3) is 0 Å². The topological polar surface area (TPSA) is 108 Å². The molecule has 0 radical (unpaired) electrons. The fourth-order valence-electron chi connectivity index (χ4n) is 2.01. The Morgan fingerprint density at radius 1 is 1.42 bits per heavy atom. The molecule has 0 saturated carbocycles. The van der Waals surface area contributed by atoms with Crippen LogP contribution in [0.4, 0.5) is 0 Å². The highest BCUT2D eigenvalue weighted by Crippen LogP contribution is 2.14. The zero-order chi connectivity index (χ0) is 14.3. The standard InChI is InChI=1S/C12H22N2O5/c1-2-4-13-10-7-19-6-8(10)11(16)14-9(3-5-15)12(17)18/h8-10,13,15H,2-7H2,1H3,(H,14,16)(H,17,18). The van der Waals surface area contributed by atoms with Gasteiger partial charge < -0.3 is 25.6 Å². The van der Waals surface area contributed by atoms with Crippen LogP contribution in [0.5, 0.6) is 0 Å². The zero-order valence-corrected chi connectivity index (χ0v) is 11.1. The molecular formula is C12H22N2O5. The summed E-state index contributed by atoms with van der Waals surface area (Å²) in [5, 5.41) is 23.4. The van der Waals surface area contributed by atoms with Gasteiger partial charge in [-0.3, -0.25) is 4.79 Å². The lowest BCUT2D eigenvalue weighted by Crippen LogP contribution is -2.49. The van der Waals surface area contributed by atoms with Crippen LogP contribution < -0.4 is 10.6 Å². The Kier molecular flexibility index (Phi) is 6.75. The number of carbonyl (C=O) groups is 2. The van der Waals surface area contributed by atoms with E-state index in [2.05, 4.69) is 10.6 Å². The van der Waals surface area contributed by atoms with Crippen LogP contribution in [0.1, 0.15) is 19.8 Å². The molecule has 1 saturated heterocycles. The first-order valence-electron chi connectivity index (χ1n) is 6.55. The summed E-state index contributed by atoms with van der Waals surface area (Å²) in [7, 11) is 0. The van der Waals surface area contributed by atoms with E-state index < -0.39 is 12.0 Å². The van der Waals surface area contributed by atoms with Gasteiger partial charge >= 0.3 is 5.97 Å². The third-order valence-corrected chi connectivity index (χ3v) is 3.11. The van der Waals surface area contributed by atoms with Crippen LogP contribution in [-0.4, -0.2) is 60.5 Å². The molecule has 4 N–H and O–H groups in total. The van der Waals surface area contributed by atoms with Crippen molar-refractivity contribution in [1.29, 1.82) is 0 Å². The second kappa shape index (κ2) is 8.08. The predicted octanol–water partition coefficient (Wildman–Crippen LogP) is -1.05. The number of rotatable bonds is 8. The van der Waals surface area contributed by atoms with E-state index in [0.717, 1.165) is 13.0 Å². The number of aliphatic carboxylic acids is 1. The van der Waals surface area contributed by atoms with E-state index in [1.807, 2.05) is 6.92 Å². The number of nitrogens with one attached hydrogen (secondary N) is 2. The summed E-state index contributed by atoms with van der Waals surface area (Å²) in [6, 6.07) is -1.13. The summed E-state index contributed by atoms with van der Waals surface area (Å²) in [5.74, 6) is -1.86. The van der Waals surface area contributed by atoms with Crippen molar-refractivity contribution in [2.75, 3.05) is 26.4 Å². The van der Waals surface area contributed by atoms with Crippen LogP contribution in [0.3, 0.4) is 0 Å². The summed E-state index contributed by atoms with van der Waals surface area (Å²) >= 11 is 0. The molecular weight excluding hydrogens is 252 g/mol. The molecule has 1 rings (SSSR count). The minimum absolute atomic E-state index is 0.00169. The molecule has 1 heterocycles. The number of hydrogen-bond acceptors (Lipinski definition) is 5. The molecule has 0 spiro atoms. The van der Waals surface area contributed by atoms with E-state index >= 15 is 0 Å². The molecule has 3 atom stereocenters. The number of aliphatic hydroxyl groups excluding tert-OH is 1. The van der Waals surface area contributed by atoms with Crippen molar-refractivity contribution in [3.05, 3.63) is 0 Å². The third-order valence-electron chi connectivity index (χ3n) is 3.11. The van der Waals surface area contributed by atoms with Gasteiger partial charge in [-0.25, -0.2) is 4.79 Å². The molecule has 7 nitrogen and oxygen atoms in total. The van der Waals surface area contributed by atoms with Crippen molar-refractivity contribution in [3.8, 4) is 0 Å². The smallest absolute Gasteiger partial charge is 0.326 e. The van der Waals surface area contributed by atoms with Crippen LogP contribution in [0.15, 0.2) is 0 Å². The minimum atomic E-state index is -1.14. The number of carbonyl (C=O) groups excluding carboxylic acids is 1. The van der Waals surface area contributed by atoms with Gasteiger partial charge in [0.2, 0.25) is 5.91 Å². The molecule has 0 aliphatic carbocycles. The molecule has 7 heteroatoms. The van der Waals surface area contributed by atoms with Gasteiger partial charge in [-0.05, 0) is 13.0 Å². The number of ether oxygens (including phenoxy) is 1. The average Bonchev–Trinajstić information content (AvgIpc) is 2.83. The van der Waals surface area contributed by atoms with Crippen LogP contribution in [-0.2, 0) is 14.3 Å². The highest BCUT2D eigenvalue weighted by molar-refractivity contribution is 5.85. The number of hydrogen-bond donors (Lipinski definition) is 4. The predicted molar refractivity (Wildman–Crippen MR) is 67.7 cm³/mol. The Morgan fingerprint density at radius 2 is 2.16 bits per heavy atom. The molecule has 0 bridgehead atoms. The van der Waals surface area contributed by atoms with E-state index in [1.165, 1.54) is 0 Å². The largest absolute Gasteiger partial charge is 0.480 e. The number of carboxylic acids is 1. The second-order valence-corrected chi connectivity index (χ2v) is 4.62. The average molecular weight is 274 g/mol. The van der Waals surface area contributed by atoms with E-state index in [4.69, 9.17) is 14.9 Å². The van der Waals surface area contributed by atoms with Crippen molar-refractivity contribution >= 4 is 11.9 Å². The first-order chi connectivity index (χ1) is 9.10. The molecule has 0 aromatic rings. The summed E-state index contributed by atoms with van der Waals surface area (Å²) in [6.45, 7) is 3.28. The van der Waals surface area contributed by atoms with Gasteiger partial charge in [0, 0.05) is 19.1 Å². The number of amides is 1. The Labute approximate surface area is 112 Å². The molecule has 1 amide bonds. The number of aliphatic hydroxyl groups is 1. The van der Waals surface area contributed by atoms with E-state index in [0.29, 0.717) is 13.2 Å². The molecule has 0 aromatic heterocycles. The monoisotopic (exact) mass is 274 g/mol. The van der Waals surface area contributed by atoms with Gasteiger partial charge in [0.05, 0.1) is 19.1 Å². The SMILES string of the molecule is CCCNC1COCC1C(=O)NC(CCO)C(=O)O. The minimum Gasteiger partial charge on any atom is -0.480 e. The van der Waals surface area contributed by atoms with Crippen molar-refractivity contribution in [1.82, 2.24) is 10.6 Å². The Balaban J connectivity index is 2.52. The summed E-state index contributed by atoms with van der Waals surface area (Å²) in [5.41, 5.74) is 0. The molecule has 110 valence electrons. The van der Waals surface area contributed by atoms with Crippen molar-refractivity contribution in [2.45, 2.75) is 31.8 Å². The van der Waals surface area contributed by atoms with Crippen molar-refractivity contribution < 1.29 is 24.5 Å². The van der Waals surface area contributed by atoms with Gasteiger partial charge in [-0.1, -0.05) is 6.92 Å². The first-order valence-corrected chi connectivity index (χ1v) is 6.55. The summed E-state index contributed by atoms with van der Waals surface area (Å²) in [4.78, 5) is 23.0. The number of carboxylic acid groups (broad SMARTS) is 1. The zero-order valence-electron chi connectivity index (χ0n) is 11.1. The van der Waals surface area contributed by atoms with E-state index in [-0.39, 0.29) is 30.9 Å². The van der Waals surface area contributed by atoms with Crippen LogP contribution >= 0.6 is 0 Å². The second-order valence-electron chi connectivity index (χ2n) is 4.62. The lowest BCUT2D eigenvalue weighted by Gasteiger charge is -2.20. The maximum absolute atomic E-state index is 12.0. The summed E-state index contributed by atoms with van der Waals surface area (Å²) < 4.78 is 5.27. The van der Waals surface area contributed by atoms with Crippen LogP contribution in [0, 0.1) is 5.92 Å². The molecule has 1 fully saturated rings. The van der Waals surface area contributed by atoms with Gasteiger partial charge in [-0.2, -0.15) is 0 Å². The highest BCUT2D eigenvalue weighted by Gasteiger charge is 2.35. The van der Waals surface area contributed by atoms with Gasteiger partial charge in [0.15, 0.2) is 0 Å². The lowest BCUT2D eigenvalue weighted by molar-refractivity contribution is -0.143. The highest BCUT2D eigenvalue weighted by atomic mass is 16.5.